The fourth-order valence-electron chi connectivity index (χ4n) is 3.42. The fourth-order valence-corrected chi connectivity index (χ4v) is 3.42. The van der Waals surface area contributed by atoms with Gasteiger partial charge in [0, 0.05) is 53.3 Å². The number of hydrogen-bond acceptors (Lipinski definition) is 5. The lowest BCUT2D eigenvalue weighted by Crippen LogP contribution is -2.42. The number of methoxy groups -OCH3 is 1. The monoisotopic (exact) mass is 338 g/mol. The van der Waals surface area contributed by atoms with Gasteiger partial charge in [-0.3, -0.25) is 29.4 Å². The highest BCUT2D eigenvalue weighted by Crippen LogP contribution is 2.35. The van der Waals surface area contributed by atoms with Gasteiger partial charge in [0.15, 0.2) is 0 Å². The highest BCUT2D eigenvalue weighted by atomic mass is 16.5. The molecule has 126 valence electrons. The van der Waals surface area contributed by atoms with Gasteiger partial charge in [0.1, 0.15) is 0 Å². The van der Waals surface area contributed by atoms with Crippen LogP contribution in [0.1, 0.15) is 47.9 Å². The Morgan fingerprint density at radius 2 is 1.32 bits per heavy atom. The van der Waals surface area contributed by atoms with E-state index in [2.05, 4.69) is 5.32 Å². The summed E-state index contributed by atoms with van der Waals surface area (Å²) in [5, 5.41) is 3.03. The average Bonchev–Trinajstić information content (AvgIpc) is 2.60. The predicted molar refractivity (Wildman–Crippen MR) is 87.6 cm³/mol. The predicted octanol–water partition coefficient (Wildman–Crippen LogP) is 1.36. The maximum atomic E-state index is 12.8. The summed E-state index contributed by atoms with van der Waals surface area (Å²) in [6.07, 6.45) is 0.531. The van der Waals surface area contributed by atoms with Crippen molar-refractivity contribution in [3.05, 3.63) is 46.5 Å². The molecular weight excluding hydrogens is 324 g/mol. The molecule has 2 aliphatic heterocycles. The van der Waals surface area contributed by atoms with Crippen molar-refractivity contribution in [3.63, 3.8) is 0 Å². The maximum Gasteiger partial charge on any atom is 0.261 e. The first kappa shape index (κ1) is 15.5. The number of hydrogen-bond donors (Lipinski definition) is 1. The lowest BCUT2D eigenvalue weighted by molar-refractivity contribution is 0.0593. The van der Waals surface area contributed by atoms with E-state index in [-0.39, 0.29) is 6.54 Å². The van der Waals surface area contributed by atoms with Gasteiger partial charge in [0.25, 0.3) is 23.6 Å². The van der Waals surface area contributed by atoms with E-state index in [1.165, 1.54) is 17.0 Å². The molecule has 0 aromatic heterocycles. The quantitative estimate of drug-likeness (QED) is 0.671. The van der Waals surface area contributed by atoms with Crippen LogP contribution in [0.4, 0.5) is 0 Å². The number of amides is 4. The molecule has 0 atom stereocenters. The Kier molecular flexibility index (Phi) is 3.40. The van der Waals surface area contributed by atoms with Crippen molar-refractivity contribution in [2.45, 2.75) is 6.42 Å². The Morgan fingerprint density at radius 1 is 0.840 bits per heavy atom. The fraction of sp³-hybridized carbons (Fsp3) is 0.222. The molecule has 0 saturated heterocycles. The maximum absolute atomic E-state index is 12.8. The largest absolute Gasteiger partial charge is 0.385 e. The molecule has 7 heteroatoms. The van der Waals surface area contributed by atoms with E-state index in [1.54, 1.807) is 19.2 Å². The third-order valence-corrected chi connectivity index (χ3v) is 4.56. The van der Waals surface area contributed by atoms with Crippen LogP contribution in [0.2, 0.25) is 0 Å². The SMILES string of the molecule is COCCCN1C(=O)c2ccc3c4c(ccc(c24)C1=O)C(=O)NC3=O. The topological polar surface area (TPSA) is 92.8 Å². The van der Waals surface area contributed by atoms with E-state index in [4.69, 9.17) is 4.74 Å². The molecule has 0 fully saturated rings. The molecule has 0 spiro atoms. The lowest BCUT2D eigenvalue weighted by Gasteiger charge is -2.29. The van der Waals surface area contributed by atoms with Crippen molar-refractivity contribution in [1.82, 2.24) is 10.2 Å². The second kappa shape index (κ2) is 5.49. The van der Waals surface area contributed by atoms with Crippen LogP contribution in [0.5, 0.6) is 0 Å². The summed E-state index contributed by atoms with van der Waals surface area (Å²) in [7, 11) is 1.56. The molecule has 4 amide bonds. The van der Waals surface area contributed by atoms with E-state index in [0.29, 0.717) is 46.1 Å². The van der Waals surface area contributed by atoms with Gasteiger partial charge in [0.05, 0.1) is 0 Å². The van der Waals surface area contributed by atoms with Crippen LogP contribution in [0.15, 0.2) is 24.3 Å². The first-order valence-electron chi connectivity index (χ1n) is 7.85. The summed E-state index contributed by atoms with van der Waals surface area (Å²) < 4.78 is 4.98. The van der Waals surface area contributed by atoms with Crippen molar-refractivity contribution >= 4 is 34.4 Å². The molecule has 2 aromatic rings. The number of rotatable bonds is 4. The van der Waals surface area contributed by atoms with Crippen LogP contribution < -0.4 is 5.32 Å². The van der Waals surface area contributed by atoms with E-state index < -0.39 is 23.6 Å². The minimum Gasteiger partial charge on any atom is -0.385 e. The molecule has 2 heterocycles. The molecule has 1 N–H and O–H groups in total. The van der Waals surface area contributed by atoms with Crippen LogP contribution in [0.25, 0.3) is 10.8 Å². The number of nitrogens with zero attached hydrogens (tertiary/aromatic N) is 1. The Morgan fingerprint density at radius 3 is 1.84 bits per heavy atom. The minimum absolute atomic E-state index is 0.245. The summed E-state index contributed by atoms with van der Waals surface area (Å²) in [6, 6.07) is 6.12. The van der Waals surface area contributed by atoms with E-state index >= 15 is 0 Å². The molecule has 2 aromatic carbocycles. The summed E-state index contributed by atoms with van der Waals surface area (Å²) in [5.41, 5.74) is 1.25. The smallest absolute Gasteiger partial charge is 0.261 e. The average molecular weight is 338 g/mol. The molecule has 0 bridgehead atoms. The highest BCUT2D eigenvalue weighted by molar-refractivity contribution is 6.33. The number of imide groups is 2. The molecule has 0 unspecified atom stereocenters. The zero-order valence-electron chi connectivity index (χ0n) is 13.4. The zero-order chi connectivity index (χ0) is 17.7. The second-order valence-electron chi connectivity index (χ2n) is 5.96. The van der Waals surface area contributed by atoms with E-state index in [1.807, 2.05) is 0 Å². The van der Waals surface area contributed by atoms with Gasteiger partial charge in [0.2, 0.25) is 0 Å². The number of nitrogens with one attached hydrogen (secondary N) is 1. The summed E-state index contributed by atoms with van der Waals surface area (Å²) >= 11 is 0. The van der Waals surface area contributed by atoms with Crippen LogP contribution in [-0.2, 0) is 4.74 Å². The van der Waals surface area contributed by atoms with Crippen molar-refractivity contribution in [1.29, 1.82) is 0 Å². The van der Waals surface area contributed by atoms with Gasteiger partial charge in [-0.15, -0.1) is 0 Å². The summed E-state index contributed by atoms with van der Waals surface area (Å²) in [6.45, 7) is 0.682. The molecule has 2 aliphatic rings. The van der Waals surface area contributed by atoms with Crippen molar-refractivity contribution in [3.8, 4) is 0 Å². The van der Waals surface area contributed by atoms with Gasteiger partial charge in [-0.25, -0.2) is 0 Å². The molecule has 0 aliphatic carbocycles. The van der Waals surface area contributed by atoms with Gasteiger partial charge in [-0.05, 0) is 30.7 Å². The first-order valence-corrected chi connectivity index (χ1v) is 7.85. The zero-order valence-corrected chi connectivity index (χ0v) is 13.4. The molecule has 7 nitrogen and oxygen atoms in total. The van der Waals surface area contributed by atoms with Crippen LogP contribution in [0, 0.1) is 0 Å². The Balaban J connectivity index is 1.94. The van der Waals surface area contributed by atoms with Crippen molar-refractivity contribution < 1.29 is 23.9 Å². The van der Waals surface area contributed by atoms with Crippen LogP contribution >= 0.6 is 0 Å². The van der Waals surface area contributed by atoms with Gasteiger partial charge >= 0.3 is 0 Å². The standard InChI is InChI=1S/C18H14N2O5/c1-25-8-2-7-20-17(23)11-5-3-9-13-10(16(22)19-15(9)21)4-6-12(14(11)13)18(20)24/h3-6H,2,7-8H2,1H3,(H,19,21,22). The molecule has 25 heavy (non-hydrogen) atoms. The van der Waals surface area contributed by atoms with Gasteiger partial charge in [-0.1, -0.05) is 0 Å². The number of benzene rings is 2. The number of carbonyl (C=O) groups is 4. The normalized spacial score (nSPS) is 15.8. The van der Waals surface area contributed by atoms with Gasteiger partial charge in [-0.2, -0.15) is 0 Å². The summed E-state index contributed by atoms with van der Waals surface area (Å²) in [5.74, 6) is -1.89. The van der Waals surface area contributed by atoms with E-state index in [0.717, 1.165) is 0 Å². The highest BCUT2D eigenvalue weighted by Gasteiger charge is 2.36. The summed E-state index contributed by atoms with van der Waals surface area (Å²) in [4.78, 5) is 50.9. The third-order valence-electron chi connectivity index (χ3n) is 4.56. The molecule has 0 radical (unpaired) electrons. The number of ether oxygens (including phenoxy) is 1. The molecule has 0 saturated carbocycles. The van der Waals surface area contributed by atoms with Crippen LogP contribution in [-0.4, -0.2) is 48.8 Å². The number of carbonyl (C=O) groups excluding carboxylic acids is 4. The van der Waals surface area contributed by atoms with Crippen molar-refractivity contribution in [2.75, 3.05) is 20.3 Å². The first-order chi connectivity index (χ1) is 12.0. The second-order valence-corrected chi connectivity index (χ2v) is 5.96. The third kappa shape index (κ3) is 2.09. The van der Waals surface area contributed by atoms with Crippen molar-refractivity contribution in [2.24, 2.45) is 0 Å². The Bertz CT molecular complexity index is 910. The molecular formula is C18H14N2O5. The van der Waals surface area contributed by atoms with Gasteiger partial charge < -0.3 is 4.74 Å². The Labute approximate surface area is 142 Å². The Hall–Kier alpha value is -3.06. The molecule has 4 rings (SSSR count). The lowest BCUT2D eigenvalue weighted by atomic mass is 9.86. The van der Waals surface area contributed by atoms with E-state index in [9.17, 15) is 19.2 Å². The minimum atomic E-state index is -0.524. The van der Waals surface area contributed by atoms with Crippen LogP contribution in [0.3, 0.4) is 0 Å².